The quantitative estimate of drug-likeness (QED) is 0.839. The van der Waals surface area contributed by atoms with Crippen LogP contribution >= 0.6 is 11.8 Å². The fourth-order valence-corrected chi connectivity index (χ4v) is 4.21. The van der Waals surface area contributed by atoms with Crippen molar-refractivity contribution in [3.8, 4) is 0 Å². The molecule has 2 aliphatic rings. The van der Waals surface area contributed by atoms with Crippen LogP contribution in [0.15, 0.2) is 12.4 Å². The summed E-state index contributed by atoms with van der Waals surface area (Å²) < 4.78 is 13.8. The lowest BCUT2D eigenvalue weighted by molar-refractivity contribution is -0.145. The molecule has 4 heterocycles. The van der Waals surface area contributed by atoms with Crippen molar-refractivity contribution in [2.75, 3.05) is 11.5 Å². The third-order valence-electron chi connectivity index (χ3n) is 3.60. The summed E-state index contributed by atoms with van der Waals surface area (Å²) in [4.78, 5) is 4.03. The molecule has 2 aliphatic heterocycles. The highest BCUT2D eigenvalue weighted by Gasteiger charge is 2.51. The van der Waals surface area contributed by atoms with E-state index in [1.165, 1.54) is 0 Å². The molecule has 8 heteroatoms. The van der Waals surface area contributed by atoms with Crippen molar-refractivity contribution in [1.82, 2.24) is 19.6 Å². The number of hydrogen-bond donors (Lipinski definition) is 1. The molecule has 3 atom stereocenters. The van der Waals surface area contributed by atoms with Gasteiger partial charge in [0.15, 0.2) is 17.4 Å². The van der Waals surface area contributed by atoms with Gasteiger partial charge in [0.2, 0.25) is 5.65 Å². The minimum Gasteiger partial charge on any atom is -0.381 e. The zero-order valence-electron chi connectivity index (χ0n) is 11.2. The van der Waals surface area contributed by atoms with Crippen LogP contribution in [0.3, 0.4) is 0 Å². The van der Waals surface area contributed by atoms with E-state index in [9.17, 15) is 0 Å². The molecule has 1 unspecified atom stereocenters. The molecular weight excluding hydrogens is 278 g/mol. The molecule has 2 N–H and O–H groups in total. The molecule has 4 rings (SSSR count). The molecule has 106 valence electrons. The Morgan fingerprint density at radius 2 is 2.25 bits per heavy atom. The monoisotopic (exact) mass is 293 g/mol. The van der Waals surface area contributed by atoms with Crippen molar-refractivity contribution >= 4 is 23.2 Å². The Morgan fingerprint density at radius 3 is 3.10 bits per heavy atom. The van der Waals surface area contributed by atoms with Crippen LogP contribution in [0.25, 0.3) is 5.65 Å². The van der Waals surface area contributed by atoms with Crippen LogP contribution in [0.2, 0.25) is 0 Å². The lowest BCUT2D eigenvalue weighted by Crippen LogP contribution is -2.24. The van der Waals surface area contributed by atoms with Gasteiger partial charge >= 0.3 is 0 Å². The third kappa shape index (κ3) is 1.72. The molecule has 0 aliphatic carbocycles. The summed E-state index contributed by atoms with van der Waals surface area (Å²) in [7, 11) is 0. The van der Waals surface area contributed by atoms with Crippen molar-refractivity contribution in [1.29, 1.82) is 0 Å². The van der Waals surface area contributed by atoms with Gasteiger partial charge < -0.3 is 15.2 Å². The molecule has 0 radical (unpaired) electrons. The zero-order valence-corrected chi connectivity index (χ0v) is 12.0. The van der Waals surface area contributed by atoms with Gasteiger partial charge in [-0.1, -0.05) is 0 Å². The molecule has 2 aromatic rings. The largest absolute Gasteiger partial charge is 0.381 e. The second-order valence-corrected chi connectivity index (χ2v) is 6.63. The number of nitrogen functional groups attached to an aromatic ring is 1. The van der Waals surface area contributed by atoms with E-state index in [0.717, 1.165) is 11.6 Å². The smallest absolute Gasteiger partial charge is 0.203 e. The number of anilines is 1. The van der Waals surface area contributed by atoms with Gasteiger partial charge in [0.1, 0.15) is 6.10 Å². The van der Waals surface area contributed by atoms with Crippen LogP contribution in [0, 0.1) is 0 Å². The Kier molecular flexibility index (Phi) is 2.51. The average Bonchev–Trinajstić information content (AvgIpc) is 3.01. The minimum atomic E-state index is -0.532. The summed E-state index contributed by atoms with van der Waals surface area (Å²) in [6.45, 7) is 3.88. The van der Waals surface area contributed by atoms with E-state index in [1.807, 2.05) is 24.4 Å². The van der Waals surface area contributed by atoms with E-state index < -0.39 is 5.79 Å². The number of nitrogens with two attached hydrogens (primary N) is 1. The molecule has 7 nitrogen and oxygen atoms in total. The number of ether oxygens (including phenoxy) is 2. The maximum absolute atomic E-state index is 6.02. The first-order chi connectivity index (χ1) is 9.55. The fourth-order valence-electron chi connectivity index (χ4n) is 2.82. The summed E-state index contributed by atoms with van der Waals surface area (Å²) in [6, 6.07) is 0. The minimum absolute atomic E-state index is 0.00297. The number of nitrogens with zero attached hydrogens (tertiary/aromatic N) is 4. The van der Waals surface area contributed by atoms with Gasteiger partial charge in [0, 0.05) is 18.1 Å². The highest BCUT2D eigenvalue weighted by molar-refractivity contribution is 7.99. The lowest BCUT2D eigenvalue weighted by atomic mass is 10.1. The van der Waals surface area contributed by atoms with Gasteiger partial charge in [-0.3, -0.25) is 4.40 Å². The summed E-state index contributed by atoms with van der Waals surface area (Å²) in [5, 5.41) is 8.51. The number of thioether (sulfide) groups is 1. The first-order valence-electron chi connectivity index (χ1n) is 6.47. The molecule has 2 aromatic heterocycles. The van der Waals surface area contributed by atoms with Crippen LogP contribution in [0.5, 0.6) is 0 Å². The van der Waals surface area contributed by atoms with E-state index in [2.05, 4.69) is 15.2 Å². The predicted molar refractivity (Wildman–Crippen MR) is 74.2 cm³/mol. The van der Waals surface area contributed by atoms with Crippen molar-refractivity contribution < 1.29 is 9.47 Å². The summed E-state index contributed by atoms with van der Waals surface area (Å²) in [5.74, 6) is 1.59. The first-order valence-corrected chi connectivity index (χ1v) is 7.52. The van der Waals surface area contributed by atoms with Crippen LogP contribution < -0.4 is 5.73 Å². The SMILES string of the molecule is CC1(C)OC2CS[C@@H](c3nnc4c(N)nccn34)[C@H]2O1. The summed E-state index contributed by atoms with van der Waals surface area (Å²) >= 11 is 1.78. The van der Waals surface area contributed by atoms with Crippen molar-refractivity contribution in [2.24, 2.45) is 0 Å². The van der Waals surface area contributed by atoms with Gasteiger partial charge in [-0.05, 0) is 13.8 Å². The van der Waals surface area contributed by atoms with E-state index in [1.54, 1.807) is 18.0 Å². The second kappa shape index (κ2) is 4.06. The molecule has 0 bridgehead atoms. The van der Waals surface area contributed by atoms with Gasteiger partial charge in [-0.2, -0.15) is 0 Å². The lowest BCUT2D eigenvalue weighted by Gasteiger charge is -2.20. The van der Waals surface area contributed by atoms with E-state index in [4.69, 9.17) is 15.2 Å². The van der Waals surface area contributed by atoms with Gasteiger partial charge in [-0.25, -0.2) is 4.98 Å². The Bertz CT molecular complexity index is 673. The molecule has 0 saturated carbocycles. The van der Waals surface area contributed by atoms with Crippen LogP contribution in [-0.4, -0.2) is 43.3 Å². The maximum Gasteiger partial charge on any atom is 0.203 e. The third-order valence-corrected chi connectivity index (χ3v) is 4.95. The van der Waals surface area contributed by atoms with Gasteiger partial charge in [-0.15, -0.1) is 22.0 Å². The highest BCUT2D eigenvalue weighted by atomic mass is 32.2. The van der Waals surface area contributed by atoms with E-state index in [0.29, 0.717) is 11.5 Å². The van der Waals surface area contributed by atoms with E-state index >= 15 is 0 Å². The molecule has 2 fully saturated rings. The topological polar surface area (TPSA) is 87.6 Å². The Labute approximate surface area is 119 Å². The normalized spacial score (nSPS) is 31.8. The standard InChI is InChI=1S/C12H15N5O2S/c1-12(2)18-6-5-20-8(7(6)19-12)10-15-16-11-9(13)14-3-4-17(10)11/h3-4,6-8H,5H2,1-2H3,(H2,13,14)/t6?,7-,8+/m0/s1. The van der Waals surface area contributed by atoms with Gasteiger partial charge in [0.25, 0.3) is 0 Å². The Balaban J connectivity index is 1.75. The van der Waals surface area contributed by atoms with Crippen LogP contribution in [0.1, 0.15) is 24.9 Å². The summed E-state index contributed by atoms with van der Waals surface area (Å²) in [5.41, 5.74) is 6.41. The Morgan fingerprint density at radius 1 is 1.40 bits per heavy atom. The van der Waals surface area contributed by atoms with E-state index in [-0.39, 0.29) is 17.5 Å². The number of rotatable bonds is 1. The summed E-state index contributed by atoms with van der Waals surface area (Å²) in [6.07, 6.45) is 3.58. The Hall–Kier alpha value is -1.38. The predicted octanol–water partition coefficient (Wildman–Crippen LogP) is 1.01. The van der Waals surface area contributed by atoms with Crippen LogP contribution in [-0.2, 0) is 9.47 Å². The molecule has 2 saturated heterocycles. The second-order valence-electron chi connectivity index (χ2n) is 5.46. The van der Waals surface area contributed by atoms with Gasteiger partial charge in [0.05, 0.1) is 11.4 Å². The zero-order chi connectivity index (χ0) is 13.9. The average molecular weight is 293 g/mol. The van der Waals surface area contributed by atoms with Crippen molar-refractivity contribution in [2.45, 2.75) is 37.1 Å². The fraction of sp³-hybridized carbons (Fsp3) is 0.583. The number of hydrogen-bond acceptors (Lipinski definition) is 7. The molecule has 0 aromatic carbocycles. The van der Waals surface area contributed by atoms with Crippen LogP contribution in [0.4, 0.5) is 5.82 Å². The number of aromatic nitrogens is 4. The molecule has 20 heavy (non-hydrogen) atoms. The molecule has 0 spiro atoms. The highest BCUT2D eigenvalue weighted by Crippen LogP contribution is 2.48. The van der Waals surface area contributed by atoms with Crippen molar-refractivity contribution in [3.05, 3.63) is 18.2 Å². The maximum atomic E-state index is 6.02. The molecular formula is C12H15N5O2S. The first kappa shape index (κ1) is 12.4. The number of fused-ring (bicyclic) bond motifs is 2. The van der Waals surface area contributed by atoms with Crippen molar-refractivity contribution in [3.63, 3.8) is 0 Å². The molecule has 0 amide bonds.